The first-order valence-electron chi connectivity index (χ1n) is 7.24. The molecular weight excluding hydrogens is 230 g/mol. The summed E-state index contributed by atoms with van der Waals surface area (Å²) in [4.78, 5) is 0. The van der Waals surface area contributed by atoms with E-state index in [2.05, 4.69) is 12.2 Å². The highest BCUT2D eigenvalue weighted by atomic mass is 16.5. The molecule has 4 heteroatoms. The fourth-order valence-electron chi connectivity index (χ4n) is 2.22. The van der Waals surface area contributed by atoms with Gasteiger partial charge < -0.3 is 19.5 Å². The van der Waals surface area contributed by atoms with Crippen LogP contribution >= 0.6 is 0 Å². The average Bonchev–Trinajstić information content (AvgIpc) is 2.34. The Morgan fingerprint density at radius 2 is 1.83 bits per heavy atom. The summed E-state index contributed by atoms with van der Waals surface area (Å²) in [5.74, 6) is 0. The van der Waals surface area contributed by atoms with Crippen LogP contribution in [0.2, 0.25) is 0 Å². The summed E-state index contributed by atoms with van der Waals surface area (Å²) in [5.41, 5.74) is 0.144. The average molecular weight is 259 g/mol. The van der Waals surface area contributed by atoms with E-state index in [9.17, 15) is 0 Å². The van der Waals surface area contributed by atoms with Crippen molar-refractivity contribution < 1.29 is 14.2 Å². The minimum atomic E-state index is 0.144. The van der Waals surface area contributed by atoms with Gasteiger partial charge in [0.1, 0.15) is 0 Å². The van der Waals surface area contributed by atoms with Gasteiger partial charge in [0, 0.05) is 7.11 Å². The first-order valence-corrected chi connectivity index (χ1v) is 7.24. The molecule has 1 fully saturated rings. The number of nitrogens with one attached hydrogen (secondary N) is 1. The van der Waals surface area contributed by atoms with E-state index in [1.165, 1.54) is 25.7 Å². The predicted molar refractivity (Wildman–Crippen MR) is 73.0 cm³/mol. The van der Waals surface area contributed by atoms with Gasteiger partial charge in [-0.1, -0.05) is 6.92 Å². The summed E-state index contributed by atoms with van der Waals surface area (Å²) in [6.07, 6.45) is 6.04. The van der Waals surface area contributed by atoms with Crippen LogP contribution in [0.25, 0.3) is 0 Å². The Kier molecular flexibility index (Phi) is 8.59. The minimum Gasteiger partial charge on any atom is -0.382 e. The third-order valence-electron chi connectivity index (χ3n) is 3.52. The molecule has 0 heterocycles. The number of ether oxygens (including phenoxy) is 3. The molecule has 0 aromatic carbocycles. The third-order valence-corrected chi connectivity index (χ3v) is 3.52. The maximum Gasteiger partial charge on any atom is 0.0708 e. The Hall–Kier alpha value is -0.160. The molecule has 0 spiro atoms. The van der Waals surface area contributed by atoms with Crippen molar-refractivity contribution in [2.45, 2.75) is 44.6 Å². The second-order valence-electron chi connectivity index (χ2n) is 4.99. The molecule has 0 radical (unpaired) electrons. The highest BCUT2D eigenvalue weighted by Gasteiger charge is 2.37. The molecule has 0 saturated heterocycles. The quantitative estimate of drug-likeness (QED) is 0.544. The molecule has 0 aromatic rings. The summed E-state index contributed by atoms with van der Waals surface area (Å²) < 4.78 is 16.4. The number of hydrogen-bond acceptors (Lipinski definition) is 4. The molecule has 1 rings (SSSR count). The molecule has 0 atom stereocenters. The lowest BCUT2D eigenvalue weighted by atomic mass is 9.77. The van der Waals surface area contributed by atoms with E-state index in [0.717, 1.165) is 19.5 Å². The summed E-state index contributed by atoms with van der Waals surface area (Å²) >= 11 is 0. The molecule has 1 aliphatic carbocycles. The van der Waals surface area contributed by atoms with Gasteiger partial charge in [0.05, 0.1) is 32.0 Å². The second-order valence-corrected chi connectivity index (χ2v) is 4.99. The largest absolute Gasteiger partial charge is 0.382 e. The Bertz CT molecular complexity index is 195. The maximum absolute atomic E-state index is 6.02. The molecule has 0 unspecified atom stereocenters. The standard InChI is InChI=1S/C14H29NO3/c1-3-8-15-9-7-14(5-4-6-14)18-13-12-17-11-10-16-2/h15H,3-13H2,1-2H3. The van der Waals surface area contributed by atoms with Crippen molar-refractivity contribution in [1.82, 2.24) is 5.32 Å². The van der Waals surface area contributed by atoms with Crippen molar-refractivity contribution in [3.8, 4) is 0 Å². The van der Waals surface area contributed by atoms with Gasteiger partial charge in [0.2, 0.25) is 0 Å². The van der Waals surface area contributed by atoms with E-state index in [1.54, 1.807) is 7.11 Å². The Labute approximate surface area is 111 Å². The summed E-state index contributed by atoms with van der Waals surface area (Å²) in [6.45, 7) is 7.07. The molecule has 0 aliphatic heterocycles. The van der Waals surface area contributed by atoms with E-state index in [4.69, 9.17) is 14.2 Å². The molecule has 0 aromatic heterocycles. The number of rotatable bonds is 12. The number of methoxy groups -OCH3 is 1. The summed E-state index contributed by atoms with van der Waals surface area (Å²) in [5, 5.41) is 3.45. The molecule has 0 bridgehead atoms. The van der Waals surface area contributed by atoms with Crippen molar-refractivity contribution in [3.05, 3.63) is 0 Å². The van der Waals surface area contributed by atoms with Gasteiger partial charge in [-0.3, -0.25) is 0 Å². The van der Waals surface area contributed by atoms with Crippen LogP contribution in [0.5, 0.6) is 0 Å². The highest BCUT2D eigenvalue weighted by molar-refractivity contribution is 4.90. The van der Waals surface area contributed by atoms with Crippen molar-refractivity contribution in [3.63, 3.8) is 0 Å². The lowest BCUT2D eigenvalue weighted by Crippen LogP contribution is -2.43. The zero-order valence-electron chi connectivity index (χ0n) is 12.0. The Morgan fingerprint density at radius 3 is 2.44 bits per heavy atom. The van der Waals surface area contributed by atoms with Crippen molar-refractivity contribution in [2.75, 3.05) is 46.6 Å². The first kappa shape index (κ1) is 15.9. The first-order chi connectivity index (χ1) is 8.83. The monoisotopic (exact) mass is 259 g/mol. The highest BCUT2D eigenvalue weighted by Crippen LogP contribution is 2.38. The minimum absolute atomic E-state index is 0.144. The lowest BCUT2D eigenvalue weighted by Gasteiger charge is -2.42. The van der Waals surface area contributed by atoms with Gasteiger partial charge in [-0.05, 0) is 45.2 Å². The van der Waals surface area contributed by atoms with Gasteiger partial charge >= 0.3 is 0 Å². The molecule has 1 saturated carbocycles. The van der Waals surface area contributed by atoms with Gasteiger partial charge in [-0.25, -0.2) is 0 Å². The van der Waals surface area contributed by atoms with Crippen LogP contribution in [0.4, 0.5) is 0 Å². The third kappa shape index (κ3) is 6.14. The molecule has 1 N–H and O–H groups in total. The smallest absolute Gasteiger partial charge is 0.0708 e. The molecule has 1 aliphatic rings. The predicted octanol–water partition coefficient (Wildman–Crippen LogP) is 1.98. The Morgan fingerprint density at radius 1 is 1.06 bits per heavy atom. The zero-order chi connectivity index (χ0) is 13.1. The fraction of sp³-hybridized carbons (Fsp3) is 1.00. The SMILES string of the molecule is CCCNCCC1(OCCOCCOC)CCC1. The molecular formula is C14H29NO3. The fourth-order valence-corrected chi connectivity index (χ4v) is 2.22. The normalized spacial score (nSPS) is 17.7. The van der Waals surface area contributed by atoms with Crippen LogP contribution in [0.15, 0.2) is 0 Å². The summed E-state index contributed by atoms with van der Waals surface area (Å²) in [6, 6.07) is 0. The van der Waals surface area contributed by atoms with Gasteiger partial charge in [-0.2, -0.15) is 0 Å². The van der Waals surface area contributed by atoms with Crippen molar-refractivity contribution >= 4 is 0 Å². The summed E-state index contributed by atoms with van der Waals surface area (Å²) in [7, 11) is 1.69. The Balaban J connectivity index is 2.01. The molecule has 4 nitrogen and oxygen atoms in total. The topological polar surface area (TPSA) is 39.7 Å². The molecule has 108 valence electrons. The van der Waals surface area contributed by atoms with Crippen LogP contribution in [-0.4, -0.2) is 52.2 Å². The second kappa shape index (κ2) is 9.73. The molecule has 18 heavy (non-hydrogen) atoms. The van der Waals surface area contributed by atoms with Crippen LogP contribution in [0.1, 0.15) is 39.0 Å². The van der Waals surface area contributed by atoms with Crippen LogP contribution in [0.3, 0.4) is 0 Å². The lowest BCUT2D eigenvalue weighted by molar-refractivity contribution is -0.119. The maximum atomic E-state index is 6.02. The van der Waals surface area contributed by atoms with Gasteiger partial charge in [0.25, 0.3) is 0 Å². The van der Waals surface area contributed by atoms with Crippen LogP contribution in [-0.2, 0) is 14.2 Å². The molecule has 0 amide bonds. The van der Waals surface area contributed by atoms with E-state index in [-0.39, 0.29) is 5.60 Å². The van der Waals surface area contributed by atoms with Gasteiger partial charge in [0.15, 0.2) is 0 Å². The van der Waals surface area contributed by atoms with E-state index >= 15 is 0 Å². The van der Waals surface area contributed by atoms with Gasteiger partial charge in [-0.15, -0.1) is 0 Å². The zero-order valence-corrected chi connectivity index (χ0v) is 12.0. The van der Waals surface area contributed by atoms with Crippen molar-refractivity contribution in [1.29, 1.82) is 0 Å². The van der Waals surface area contributed by atoms with E-state index < -0.39 is 0 Å². The van der Waals surface area contributed by atoms with Crippen LogP contribution < -0.4 is 5.32 Å². The number of hydrogen-bond donors (Lipinski definition) is 1. The van der Waals surface area contributed by atoms with E-state index in [0.29, 0.717) is 26.4 Å². The van der Waals surface area contributed by atoms with E-state index in [1.807, 2.05) is 0 Å². The van der Waals surface area contributed by atoms with Crippen LogP contribution in [0, 0.1) is 0 Å². The van der Waals surface area contributed by atoms with Crippen molar-refractivity contribution in [2.24, 2.45) is 0 Å².